The van der Waals surface area contributed by atoms with Crippen LogP contribution < -0.4 is 10.2 Å². The molecule has 156 valence electrons. The number of aromatic nitrogens is 1. The number of benzene rings is 1. The number of carbonyl (C=O) groups is 2. The van der Waals surface area contributed by atoms with E-state index in [2.05, 4.69) is 16.4 Å². The van der Waals surface area contributed by atoms with Gasteiger partial charge in [-0.05, 0) is 49.4 Å². The van der Waals surface area contributed by atoms with Crippen LogP contribution in [0.5, 0.6) is 0 Å². The minimum atomic E-state index is -0.0209. The zero-order valence-corrected chi connectivity index (χ0v) is 17.2. The van der Waals surface area contributed by atoms with Gasteiger partial charge in [0.25, 0.3) is 5.91 Å². The van der Waals surface area contributed by atoms with Crippen molar-refractivity contribution in [1.29, 1.82) is 0 Å². The van der Waals surface area contributed by atoms with Crippen molar-refractivity contribution in [3.8, 4) is 0 Å². The number of carbonyl (C=O) groups excluding carboxylic acids is 2. The molecule has 1 N–H and O–H groups in total. The molecular formula is C24H28N4O2. The molecule has 3 heterocycles. The molecule has 1 aliphatic carbocycles. The van der Waals surface area contributed by atoms with Gasteiger partial charge in [-0.25, -0.2) is 4.98 Å². The van der Waals surface area contributed by atoms with Crippen LogP contribution in [0.15, 0.2) is 42.6 Å². The van der Waals surface area contributed by atoms with Crippen molar-refractivity contribution in [3.63, 3.8) is 0 Å². The van der Waals surface area contributed by atoms with Crippen molar-refractivity contribution in [2.75, 3.05) is 29.9 Å². The van der Waals surface area contributed by atoms with Crippen LogP contribution in [0, 0.1) is 5.92 Å². The number of nitrogens with zero attached hydrogens (tertiary/aromatic N) is 3. The van der Waals surface area contributed by atoms with Crippen LogP contribution in [0.4, 0.5) is 11.5 Å². The van der Waals surface area contributed by atoms with E-state index in [9.17, 15) is 9.59 Å². The second-order valence-electron chi connectivity index (χ2n) is 8.63. The maximum absolute atomic E-state index is 13.3. The zero-order chi connectivity index (χ0) is 20.5. The van der Waals surface area contributed by atoms with Crippen molar-refractivity contribution in [2.24, 2.45) is 5.92 Å². The van der Waals surface area contributed by atoms with Gasteiger partial charge in [0.05, 0.1) is 5.56 Å². The first kappa shape index (κ1) is 19.1. The quantitative estimate of drug-likeness (QED) is 0.847. The Balaban J connectivity index is 1.29. The molecule has 2 fully saturated rings. The van der Waals surface area contributed by atoms with Crippen LogP contribution >= 0.6 is 0 Å². The average molecular weight is 405 g/mol. The van der Waals surface area contributed by atoms with Gasteiger partial charge in [-0.3, -0.25) is 9.59 Å². The Hall–Kier alpha value is -2.89. The third-order valence-corrected chi connectivity index (χ3v) is 6.72. The predicted molar refractivity (Wildman–Crippen MR) is 117 cm³/mol. The normalized spacial score (nSPS) is 21.1. The Morgan fingerprint density at radius 2 is 1.83 bits per heavy atom. The third kappa shape index (κ3) is 3.55. The fraction of sp³-hybridized carbons (Fsp3) is 0.458. The van der Waals surface area contributed by atoms with Crippen LogP contribution in [-0.4, -0.2) is 47.4 Å². The van der Waals surface area contributed by atoms with E-state index in [-0.39, 0.29) is 17.9 Å². The second kappa shape index (κ2) is 8.09. The van der Waals surface area contributed by atoms with Gasteiger partial charge in [0.2, 0.25) is 5.91 Å². The minimum Gasteiger partial charge on any atom is -0.365 e. The van der Waals surface area contributed by atoms with Crippen LogP contribution in [0.1, 0.15) is 48.0 Å². The molecule has 2 aromatic rings. The molecule has 6 heteroatoms. The van der Waals surface area contributed by atoms with Crippen LogP contribution in [0.3, 0.4) is 0 Å². The lowest BCUT2D eigenvalue weighted by Gasteiger charge is -2.22. The van der Waals surface area contributed by atoms with E-state index in [0.29, 0.717) is 30.4 Å². The Kier molecular flexibility index (Phi) is 5.15. The molecule has 1 aromatic carbocycles. The summed E-state index contributed by atoms with van der Waals surface area (Å²) in [7, 11) is 0. The molecule has 1 unspecified atom stereocenters. The van der Waals surface area contributed by atoms with Crippen LogP contribution in [-0.2, 0) is 11.2 Å². The third-order valence-electron chi connectivity index (χ3n) is 6.72. The fourth-order valence-corrected chi connectivity index (χ4v) is 5.09. The first-order valence-corrected chi connectivity index (χ1v) is 11.1. The van der Waals surface area contributed by atoms with Crippen LogP contribution in [0.25, 0.3) is 0 Å². The number of pyridine rings is 1. The molecule has 0 bridgehead atoms. The highest BCUT2D eigenvalue weighted by molar-refractivity contribution is 6.10. The Morgan fingerprint density at radius 1 is 1.00 bits per heavy atom. The highest BCUT2D eigenvalue weighted by Crippen LogP contribution is 2.31. The van der Waals surface area contributed by atoms with E-state index in [1.165, 1.54) is 18.4 Å². The number of para-hydroxylation sites is 1. The van der Waals surface area contributed by atoms with Crippen molar-refractivity contribution in [1.82, 2.24) is 9.88 Å². The Labute approximate surface area is 177 Å². The first-order chi connectivity index (χ1) is 14.7. The number of hydrogen-bond donors (Lipinski definition) is 1. The summed E-state index contributed by atoms with van der Waals surface area (Å²) in [6.07, 6.45) is 7.89. The summed E-state index contributed by atoms with van der Waals surface area (Å²) in [6.45, 7) is 2.16. The molecule has 30 heavy (non-hydrogen) atoms. The first-order valence-electron chi connectivity index (χ1n) is 11.1. The molecule has 0 spiro atoms. The zero-order valence-electron chi connectivity index (χ0n) is 17.2. The van der Waals surface area contributed by atoms with Crippen LogP contribution in [0.2, 0.25) is 0 Å². The lowest BCUT2D eigenvalue weighted by atomic mass is 10.1. The topological polar surface area (TPSA) is 65.5 Å². The van der Waals surface area contributed by atoms with E-state index >= 15 is 0 Å². The predicted octanol–water partition coefficient (Wildman–Crippen LogP) is 3.49. The van der Waals surface area contributed by atoms with Gasteiger partial charge in [-0.1, -0.05) is 31.0 Å². The number of likely N-dealkylation sites (tertiary alicyclic amines) is 1. The lowest BCUT2D eigenvalue weighted by Crippen LogP contribution is -2.35. The van der Waals surface area contributed by atoms with E-state index in [1.807, 2.05) is 40.1 Å². The van der Waals surface area contributed by atoms with Gasteiger partial charge in [-0.15, -0.1) is 0 Å². The maximum atomic E-state index is 13.3. The molecule has 6 nitrogen and oxygen atoms in total. The highest BCUT2D eigenvalue weighted by atomic mass is 16.2. The Morgan fingerprint density at radius 3 is 2.70 bits per heavy atom. The van der Waals surface area contributed by atoms with Crippen molar-refractivity contribution in [3.05, 3.63) is 53.7 Å². The summed E-state index contributed by atoms with van der Waals surface area (Å²) in [5, 5.41) is 3.46. The summed E-state index contributed by atoms with van der Waals surface area (Å²) in [4.78, 5) is 34.4. The number of amides is 2. The number of fused-ring (bicyclic) bond motifs is 1. The molecule has 0 radical (unpaired) electrons. The molecular weight excluding hydrogens is 376 g/mol. The summed E-state index contributed by atoms with van der Waals surface area (Å²) in [5.74, 6) is 1.12. The smallest absolute Gasteiger partial charge is 0.262 e. The minimum absolute atomic E-state index is 0.0209. The number of nitrogens with one attached hydrogen (secondary N) is 1. The molecule has 3 aliphatic rings. The SMILES string of the molecule is O=C(C1CCCC1)N1CCC(Nc2ncccc2C(=O)N2CCc3ccccc32)C1. The molecule has 5 rings (SSSR count). The summed E-state index contributed by atoms with van der Waals surface area (Å²) in [6, 6.07) is 11.9. The summed E-state index contributed by atoms with van der Waals surface area (Å²) in [5.41, 5.74) is 2.79. The van der Waals surface area contributed by atoms with Gasteiger partial charge >= 0.3 is 0 Å². The largest absolute Gasteiger partial charge is 0.365 e. The lowest BCUT2D eigenvalue weighted by molar-refractivity contribution is -0.134. The molecule has 1 saturated carbocycles. The molecule has 1 atom stereocenters. The standard InChI is InChI=1S/C24H28N4O2/c29-23(18-7-1-2-8-18)27-14-12-19(16-27)26-22-20(9-5-13-25-22)24(30)28-15-11-17-6-3-4-10-21(17)28/h3-6,9-10,13,18-19H,1-2,7-8,11-12,14-16H2,(H,25,26). The van der Waals surface area contributed by atoms with Crippen molar-refractivity contribution in [2.45, 2.75) is 44.6 Å². The average Bonchev–Trinajstić information content (AvgIpc) is 3.53. The van der Waals surface area contributed by atoms with Gasteiger partial charge in [0, 0.05) is 43.5 Å². The molecule has 2 amide bonds. The number of rotatable bonds is 4. The van der Waals surface area contributed by atoms with E-state index in [1.54, 1.807) is 6.20 Å². The fourth-order valence-electron chi connectivity index (χ4n) is 5.09. The summed E-state index contributed by atoms with van der Waals surface area (Å²) < 4.78 is 0. The number of anilines is 2. The van der Waals surface area contributed by atoms with Crippen molar-refractivity contribution < 1.29 is 9.59 Å². The second-order valence-corrected chi connectivity index (χ2v) is 8.63. The molecule has 1 aromatic heterocycles. The molecule has 2 aliphatic heterocycles. The van der Waals surface area contributed by atoms with Gasteiger partial charge in [-0.2, -0.15) is 0 Å². The molecule has 1 saturated heterocycles. The van der Waals surface area contributed by atoms with E-state index < -0.39 is 0 Å². The highest BCUT2D eigenvalue weighted by Gasteiger charge is 2.33. The van der Waals surface area contributed by atoms with Gasteiger partial charge in [0.1, 0.15) is 5.82 Å². The van der Waals surface area contributed by atoms with Crippen molar-refractivity contribution >= 4 is 23.3 Å². The maximum Gasteiger partial charge on any atom is 0.262 e. The Bertz CT molecular complexity index is 954. The van der Waals surface area contributed by atoms with E-state index in [0.717, 1.165) is 37.9 Å². The van der Waals surface area contributed by atoms with E-state index in [4.69, 9.17) is 0 Å². The van der Waals surface area contributed by atoms with Gasteiger partial charge in [0.15, 0.2) is 0 Å². The number of hydrogen-bond acceptors (Lipinski definition) is 4. The summed E-state index contributed by atoms with van der Waals surface area (Å²) >= 11 is 0. The monoisotopic (exact) mass is 404 g/mol. The van der Waals surface area contributed by atoms with Gasteiger partial charge < -0.3 is 15.1 Å².